The molecule has 1 unspecified atom stereocenters. The molecule has 0 aliphatic carbocycles. The number of carbonyl (C=O) groups excluding carboxylic acids is 1. The van der Waals surface area contributed by atoms with Crippen LogP contribution in [0.1, 0.15) is 36.0 Å². The van der Waals surface area contributed by atoms with Crippen molar-refractivity contribution in [3.8, 4) is 11.5 Å². The van der Waals surface area contributed by atoms with Crippen LogP contribution in [0.4, 0.5) is 0 Å². The van der Waals surface area contributed by atoms with E-state index in [1.807, 2.05) is 0 Å². The third kappa shape index (κ3) is 3.67. The number of benzene rings is 1. The first-order valence-corrected chi connectivity index (χ1v) is 7.74. The third-order valence-corrected chi connectivity index (χ3v) is 4.00. The summed E-state index contributed by atoms with van der Waals surface area (Å²) in [5, 5.41) is 6.46. The Bertz CT molecular complexity index is 498. The second kappa shape index (κ2) is 6.80. The number of rotatable bonds is 4. The molecule has 1 aromatic carbocycles. The standard InChI is InChI=1S/C16H22N2O3/c19-16(18-8-6-13-3-1-2-7-17-13)12-4-5-14-15(11-12)21-10-9-20-14/h4-5,11,13,17H,1-3,6-10H2,(H,18,19). The number of nitrogens with one attached hydrogen (secondary N) is 2. The van der Waals surface area contributed by atoms with Crippen molar-refractivity contribution in [3.63, 3.8) is 0 Å². The van der Waals surface area contributed by atoms with Crippen molar-refractivity contribution >= 4 is 5.91 Å². The molecular formula is C16H22N2O3. The van der Waals surface area contributed by atoms with Gasteiger partial charge in [-0.3, -0.25) is 4.79 Å². The first-order valence-electron chi connectivity index (χ1n) is 7.74. The van der Waals surface area contributed by atoms with E-state index < -0.39 is 0 Å². The Hall–Kier alpha value is -1.75. The number of fused-ring (bicyclic) bond motifs is 1. The zero-order valence-electron chi connectivity index (χ0n) is 12.2. The van der Waals surface area contributed by atoms with Gasteiger partial charge in [0.2, 0.25) is 0 Å². The van der Waals surface area contributed by atoms with Crippen LogP contribution in [-0.4, -0.2) is 38.3 Å². The van der Waals surface area contributed by atoms with E-state index in [1.165, 1.54) is 19.3 Å². The van der Waals surface area contributed by atoms with Crippen LogP contribution in [0.3, 0.4) is 0 Å². The number of ether oxygens (including phenoxy) is 2. The maximum atomic E-state index is 12.1. The van der Waals surface area contributed by atoms with Crippen LogP contribution in [0.15, 0.2) is 18.2 Å². The lowest BCUT2D eigenvalue weighted by atomic mass is 10.0. The van der Waals surface area contributed by atoms with E-state index in [0.717, 1.165) is 13.0 Å². The maximum Gasteiger partial charge on any atom is 0.251 e. The highest BCUT2D eigenvalue weighted by atomic mass is 16.6. The molecule has 2 aliphatic heterocycles. The average Bonchev–Trinajstić information content (AvgIpc) is 2.55. The summed E-state index contributed by atoms with van der Waals surface area (Å²) in [6.45, 7) is 2.89. The molecule has 2 heterocycles. The molecule has 1 amide bonds. The molecular weight excluding hydrogens is 268 g/mol. The highest BCUT2D eigenvalue weighted by molar-refractivity contribution is 5.94. The second-order valence-electron chi connectivity index (χ2n) is 5.55. The molecule has 5 nitrogen and oxygen atoms in total. The summed E-state index contributed by atoms with van der Waals surface area (Å²) in [4.78, 5) is 12.1. The minimum absolute atomic E-state index is 0.0530. The molecule has 2 N–H and O–H groups in total. The van der Waals surface area contributed by atoms with Crippen LogP contribution < -0.4 is 20.1 Å². The summed E-state index contributed by atoms with van der Waals surface area (Å²) in [7, 11) is 0. The van der Waals surface area contributed by atoms with Crippen LogP contribution in [0.5, 0.6) is 11.5 Å². The molecule has 0 aromatic heterocycles. The van der Waals surface area contributed by atoms with Gasteiger partial charge in [-0.1, -0.05) is 6.42 Å². The van der Waals surface area contributed by atoms with Crippen LogP contribution >= 0.6 is 0 Å². The number of hydrogen-bond donors (Lipinski definition) is 2. The lowest BCUT2D eigenvalue weighted by Gasteiger charge is -2.23. The van der Waals surface area contributed by atoms with E-state index in [1.54, 1.807) is 18.2 Å². The second-order valence-corrected chi connectivity index (χ2v) is 5.55. The van der Waals surface area contributed by atoms with Gasteiger partial charge in [0.25, 0.3) is 5.91 Å². The highest BCUT2D eigenvalue weighted by Gasteiger charge is 2.16. The molecule has 0 spiro atoms. The number of amides is 1. The van der Waals surface area contributed by atoms with Crippen LogP contribution in [0.2, 0.25) is 0 Å². The van der Waals surface area contributed by atoms with Gasteiger partial charge in [0.05, 0.1) is 0 Å². The van der Waals surface area contributed by atoms with Gasteiger partial charge in [-0.15, -0.1) is 0 Å². The van der Waals surface area contributed by atoms with Crippen LogP contribution in [0.25, 0.3) is 0 Å². The number of hydrogen-bond acceptors (Lipinski definition) is 4. The minimum atomic E-state index is -0.0530. The predicted octanol–water partition coefficient (Wildman–Crippen LogP) is 1.72. The molecule has 3 rings (SSSR count). The summed E-state index contributed by atoms with van der Waals surface area (Å²) in [5.74, 6) is 1.31. The quantitative estimate of drug-likeness (QED) is 0.886. The zero-order valence-corrected chi connectivity index (χ0v) is 12.2. The molecule has 1 fully saturated rings. The molecule has 1 atom stereocenters. The smallest absolute Gasteiger partial charge is 0.251 e. The monoisotopic (exact) mass is 290 g/mol. The van der Waals surface area contributed by atoms with Crippen molar-refractivity contribution < 1.29 is 14.3 Å². The fourth-order valence-corrected chi connectivity index (χ4v) is 2.82. The summed E-state index contributed by atoms with van der Waals surface area (Å²) >= 11 is 0. The number of carbonyl (C=O) groups is 1. The summed E-state index contributed by atoms with van der Waals surface area (Å²) < 4.78 is 11.0. The lowest BCUT2D eigenvalue weighted by Crippen LogP contribution is -2.37. The van der Waals surface area contributed by atoms with Gasteiger partial charge in [0.15, 0.2) is 11.5 Å². The fourth-order valence-electron chi connectivity index (χ4n) is 2.82. The van der Waals surface area contributed by atoms with Gasteiger partial charge < -0.3 is 20.1 Å². The first kappa shape index (κ1) is 14.2. The Morgan fingerprint density at radius 3 is 2.90 bits per heavy atom. The Kier molecular flexibility index (Phi) is 4.60. The van der Waals surface area contributed by atoms with Gasteiger partial charge in [-0.25, -0.2) is 0 Å². The SMILES string of the molecule is O=C(NCCC1CCCCN1)c1ccc2c(c1)OCCO2. The van der Waals surface area contributed by atoms with Crippen molar-refractivity contribution in [2.24, 2.45) is 0 Å². The number of piperidine rings is 1. The summed E-state index contributed by atoms with van der Waals surface area (Å²) in [5.41, 5.74) is 0.621. The van der Waals surface area contributed by atoms with Gasteiger partial charge in [-0.05, 0) is 44.0 Å². The Morgan fingerprint density at radius 1 is 1.24 bits per heavy atom. The van der Waals surface area contributed by atoms with Crippen molar-refractivity contribution in [2.45, 2.75) is 31.7 Å². The van der Waals surface area contributed by atoms with E-state index in [-0.39, 0.29) is 5.91 Å². The molecule has 21 heavy (non-hydrogen) atoms. The summed E-state index contributed by atoms with van der Waals surface area (Å²) in [6.07, 6.45) is 4.74. The summed E-state index contributed by atoms with van der Waals surface area (Å²) in [6, 6.07) is 5.87. The van der Waals surface area contributed by atoms with Crippen molar-refractivity contribution in [3.05, 3.63) is 23.8 Å². The molecule has 1 aromatic rings. The lowest BCUT2D eigenvalue weighted by molar-refractivity contribution is 0.0950. The molecule has 0 bridgehead atoms. The average molecular weight is 290 g/mol. The predicted molar refractivity (Wildman–Crippen MR) is 80.0 cm³/mol. The first-order chi connectivity index (χ1) is 10.3. The molecule has 0 saturated carbocycles. The molecule has 2 aliphatic rings. The normalized spacial score (nSPS) is 20.9. The third-order valence-electron chi connectivity index (χ3n) is 4.00. The Balaban J connectivity index is 1.50. The van der Waals surface area contributed by atoms with Crippen molar-refractivity contribution in [2.75, 3.05) is 26.3 Å². The van der Waals surface area contributed by atoms with Gasteiger partial charge in [-0.2, -0.15) is 0 Å². The highest BCUT2D eigenvalue weighted by Crippen LogP contribution is 2.30. The van der Waals surface area contributed by atoms with Gasteiger partial charge in [0, 0.05) is 18.2 Å². The fraction of sp³-hybridized carbons (Fsp3) is 0.562. The van der Waals surface area contributed by atoms with Gasteiger partial charge >= 0.3 is 0 Å². The van der Waals surface area contributed by atoms with E-state index in [4.69, 9.17) is 9.47 Å². The van der Waals surface area contributed by atoms with Crippen LogP contribution in [0, 0.1) is 0 Å². The minimum Gasteiger partial charge on any atom is -0.486 e. The molecule has 1 saturated heterocycles. The largest absolute Gasteiger partial charge is 0.486 e. The molecule has 5 heteroatoms. The van der Waals surface area contributed by atoms with Crippen molar-refractivity contribution in [1.29, 1.82) is 0 Å². The molecule has 0 radical (unpaired) electrons. The van der Waals surface area contributed by atoms with Crippen LogP contribution in [-0.2, 0) is 0 Å². The van der Waals surface area contributed by atoms with E-state index in [0.29, 0.717) is 42.9 Å². The molecule has 114 valence electrons. The van der Waals surface area contributed by atoms with Gasteiger partial charge in [0.1, 0.15) is 13.2 Å². The Morgan fingerprint density at radius 2 is 2.10 bits per heavy atom. The topological polar surface area (TPSA) is 59.6 Å². The Labute approximate surface area is 125 Å². The van der Waals surface area contributed by atoms with E-state index in [9.17, 15) is 4.79 Å². The van der Waals surface area contributed by atoms with E-state index in [2.05, 4.69) is 10.6 Å². The van der Waals surface area contributed by atoms with Crippen molar-refractivity contribution in [1.82, 2.24) is 10.6 Å². The zero-order chi connectivity index (χ0) is 14.5. The maximum absolute atomic E-state index is 12.1. The van der Waals surface area contributed by atoms with E-state index >= 15 is 0 Å².